The van der Waals surface area contributed by atoms with Gasteiger partial charge in [-0.15, -0.1) is 0 Å². The SMILES string of the molecule is CCCC(CCO)CNC(=NCC1(NC(C)c2ccccc2)CCOCC1)NCC. The summed E-state index contributed by atoms with van der Waals surface area (Å²) in [4.78, 5) is 4.96. The number of nitrogens with one attached hydrogen (secondary N) is 3. The molecule has 1 aromatic rings. The van der Waals surface area contributed by atoms with Crippen molar-refractivity contribution in [3.05, 3.63) is 35.9 Å². The second-order valence-corrected chi connectivity index (χ2v) is 8.41. The van der Waals surface area contributed by atoms with Crippen LogP contribution in [0.5, 0.6) is 0 Å². The summed E-state index contributed by atoms with van der Waals surface area (Å²) in [5.41, 5.74) is 1.23. The van der Waals surface area contributed by atoms with Crippen LogP contribution in [0.4, 0.5) is 0 Å². The van der Waals surface area contributed by atoms with Crippen molar-refractivity contribution >= 4 is 5.96 Å². The zero-order chi connectivity index (χ0) is 21.7. The van der Waals surface area contributed by atoms with Gasteiger partial charge in [0.05, 0.1) is 6.54 Å². The van der Waals surface area contributed by atoms with E-state index in [1.807, 2.05) is 0 Å². The lowest BCUT2D eigenvalue weighted by atomic mass is 9.88. The lowest BCUT2D eigenvalue weighted by Gasteiger charge is -2.39. The van der Waals surface area contributed by atoms with Crippen LogP contribution in [-0.4, -0.2) is 56.1 Å². The molecule has 0 bridgehead atoms. The molecule has 0 saturated carbocycles. The summed E-state index contributed by atoms with van der Waals surface area (Å²) in [6.45, 7) is 10.7. The number of nitrogens with zero attached hydrogens (tertiary/aromatic N) is 1. The minimum atomic E-state index is -0.0657. The quantitative estimate of drug-likeness (QED) is 0.310. The van der Waals surface area contributed by atoms with Crippen molar-refractivity contribution in [2.75, 3.05) is 39.5 Å². The van der Waals surface area contributed by atoms with Gasteiger partial charge in [-0.25, -0.2) is 0 Å². The van der Waals surface area contributed by atoms with E-state index in [1.54, 1.807) is 0 Å². The van der Waals surface area contributed by atoms with Crippen LogP contribution in [0.3, 0.4) is 0 Å². The first kappa shape index (κ1) is 24.6. The van der Waals surface area contributed by atoms with Gasteiger partial charge in [0.15, 0.2) is 5.96 Å². The predicted octanol–water partition coefficient (Wildman–Crippen LogP) is 3.24. The molecule has 1 fully saturated rings. The molecule has 4 N–H and O–H groups in total. The summed E-state index contributed by atoms with van der Waals surface area (Å²) in [5, 5.41) is 20.1. The monoisotopic (exact) mass is 418 g/mol. The van der Waals surface area contributed by atoms with Gasteiger partial charge in [0.1, 0.15) is 0 Å². The molecule has 30 heavy (non-hydrogen) atoms. The van der Waals surface area contributed by atoms with Gasteiger partial charge < -0.3 is 25.8 Å². The van der Waals surface area contributed by atoms with Crippen molar-refractivity contribution in [3.63, 3.8) is 0 Å². The van der Waals surface area contributed by atoms with Gasteiger partial charge in [-0.1, -0.05) is 43.7 Å². The highest BCUT2D eigenvalue weighted by Gasteiger charge is 2.34. The van der Waals surface area contributed by atoms with E-state index in [-0.39, 0.29) is 18.2 Å². The van der Waals surface area contributed by atoms with Crippen molar-refractivity contribution in [1.29, 1.82) is 0 Å². The summed E-state index contributed by atoms with van der Waals surface area (Å²) >= 11 is 0. The molecule has 2 atom stereocenters. The zero-order valence-electron chi connectivity index (χ0n) is 19.1. The molecular formula is C24H42N4O2. The van der Waals surface area contributed by atoms with E-state index in [4.69, 9.17) is 9.73 Å². The first-order valence-corrected chi connectivity index (χ1v) is 11.7. The lowest BCUT2D eigenvalue weighted by molar-refractivity contribution is 0.0374. The van der Waals surface area contributed by atoms with Crippen molar-refractivity contribution in [1.82, 2.24) is 16.0 Å². The molecule has 0 aliphatic carbocycles. The summed E-state index contributed by atoms with van der Waals surface area (Å²) in [6, 6.07) is 10.8. The Morgan fingerprint density at radius 2 is 1.87 bits per heavy atom. The van der Waals surface area contributed by atoms with E-state index in [0.29, 0.717) is 12.5 Å². The Balaban J connectivity index is 2.05. The average molecular weight is 419 g/mol. The van der Waals surface area contributed by atoms with Crippen LogP contribution in [0.1, 0.15) is 64.5 Å². The van der Waals surface area contributed by atoms with Crippen LogP contribution in [0.15, 0.2) is 35.3 Å². The standard InChI is InChI=1S/C24H42N4O2/c1-4-9-21(12-15-29)18-26-23(25-5-2)27-19-24(13-16-30-17-14-24)28-20(3)22-10-7-6-8-11-22/h6-8,10-11,20-21,28-29H,4-5,9,12-19H2,1-3H3,(H2,25,26,27). The molecule has 6 heteroatoms. The molecule has 170 valence electrons. The van der Waals surface area contributed by atoms with Crippen molar-refractivity contribution in [3.8, 4) is 0 Å². The molecule has 1 aromatic carbocycles. The molecule has 1 heterocycles. The van der Waals surface area contributed by atoms with E-state index in [1.165, 1.54) is 5.56 Å². The number of guanidine groups is 1. The lowest BCUT2D eigenvalue weighted by Crippen LogP contribution is -2.53. The second-order valence-electron chi connectivity index (χ2n) is 8.41. The number of benzene rings is 1. The normalized spacial score (nSPS) is 18.6. The molecule has 2 rings (SSSR count). The molecule has 2 unspecified atom stereocenters. The summed E-state index contributed by atoms with van der Waals surface area (Å²) < 4.78 is 5.66. The maximum atomic E-state index is 9.32. The number of rotatable bonds is 12. The van der Waals surface area contributed by atoms with Gasteiger partial charge in [0.25, 0.3) is 0 Å². The fourth-order valence-electron chi connectivity index (χ4n) is 4.15. The van der Waals surface area contributed by atoms with Gasteiger partial charge in [-0.3, -0.25) is 4.99 Å². The van der Waals surface area contributed by atoms with Gasteiger partial charge >= 0.3 is 0 Å². The summed E-state index contributed by atoms with van der Waals surface area (Å²) in [6.07, 6.45) is 4.98. The first-order chi connectivity index (χ1) is 14.6. The van der Waals surface area contributed by atoms with Gasteiger partial charge in [-0.05, 0) is 51.0 Å². The molecule has 0 radical (unpaired) electrons. The van der Waals surface area contributed by atoms with E-state index in [0.717, 1.165) is 64.4 Å². The minimum Gasteiger partial charge on any atom is -0.396 e. The highest BCUT2D eigenvalue weighted by molar-refractivity contribution is 5.79. The van der Waals surface area contributed by atoms with Gasteiger partial charge in [0, 0.05) is 44.5 Å². The van der Waals surface area contributed by atoms with Crippen molar-refractivity contribution < 1.29 is 9.84 Å². The van der Waals surface area contributed by atoms with Gasteiger partial charge in [-0.2, -0.15) is 0 Å². The number of hydrogen-bond acceptors (Lipinski definition) is 4. The second kappa shape index (κ2) is 13.6. The van der Waals surface area contributed by atoms with Crippen LogP contribution in [-0.2, 0) is 4.74 Å². The Kier molecular flexibility index (Phi) is 11.2. The van der Waals surface area contributed by atoms with Crippen molar-refractivity contribution in [2.45, 2.75) is 64.5 Å². The number of aliphatic imine (C=N–C) groups is 1. The minimum absolute atomic E-state index is 0.0657. The Morgan fingerprint density at radius 1 is 1.13 bits per heavy atom. The Morgan fingerprint density at radius 3 is 2.50 bits per heavy atom. The fraction of sp³-hybridized carbons (Fsp3) is 0.708. The molecule has 0 spiro atoms. The van der Waals surface area contributed by atoms with Crippen molar-refractivity contribution in [2.24, 2.45) is 10.9 Å². The molecule has 1 saturated heterocycles. The third-order valence-electron chi connectivity index (χ3n) is 5.95. The number of aliphatic hydroxyl groups excluding tert-OH is 1. The van der Waals surface area contributed by atoms with E-state index in [9.17, 15) is 5.11 Å². The largest absolute Gasteiger partial charge is 0.396 e. The number of aliphatic hydroxyl groups is 1. The average Bonchev–Trinajstić information content (AvgIpc) is 2.77. The fourth-order valence-corrected chi connectivity index (χ4v) is 4.15. The Labute approximate surface area is 182 Å². The third kappa shape index (κ3) is 8.25. The summed E-state index contributed by atoms with van der Waals surface area (Å²) in [5.74, 6) is 1.33. The number of hydrogen-bond donors (Lipinski definition) is 4. The molecule has 1 aliphatic heterocycles. The highest BCUT2D eigenvalue weighted by Crippen LogP contribution is 2.26. The van der Waals surface area contributed by atoms with Crippen LogP contribution in [0.2, 0.25) is 0 Å². The molecule has 0 amide bonds. The first-order valence-electron chi connectivity index (χ1n) is 11.7. The van der Waals surface area contributed by atoms with E-state index < -0.39 is 0 Å². The topological polar surface area (TPSA) is 77.9 Å². The molecular weight excluding hydrogens is 376 g/mol. The molecule has 1 aliphatic rings. The molecule has 0 aromatic heterocycles. The van der Waals surface area contributed by atoms with E-state index in [2.05, 4.69) is 67.1 Å². The maximum Gasteiger partial charge on any atom is 0.191 e. The van der Waals surface area contributed by atoms with Gasteiger partial charge in [0.2, 0.25) is 0 Å². The van der Waals surface area contributed by atoms with Crippen LogP contribution in [0.25, 0.3) is 0 Å². The third-order valence-corrected chi connectivity index (χ3v) is 5.95. The highest BCUT2D eigenvalue weighted by atomic mass is 16.5. The predicted molar refractivity (Wildman–Crippen MR) is 125 cm³/mol. The summed E-state index contributed by atoms with van der Waals surface area (Å²) in [7, 11) is 0. The van der Waals surface area contributed by atoms with Crippen LogP contribution < -0.4 is 16.0 Å². The zero-order valence-corrected chi connectivity index (χ0v) is 19.1. The maximum absolute atomic E-state index is 9.32. The van der Waals surface area contributed by atoms with Crippen LogP contribution >= 0.6 is 0 Å². The number of ether oxygens (including phenoxy) is 1. The smallest absolute Gasteiger partial charge is 0.191 e. The Hall–Kier alpha value is -1.63. The Bertz CT molecular complexity index is 596. The molecule has 6 nitrogen and oxygen atoms in total. The van der Waals surface area contributed by atoms with E-state index >= 15 is 0 Å². The van der Waals surface area contributed by atoms with Crippen LogP contribution in [0, 0.1) is 5.92 Å².